The quantitative estimate of drug-likeness (QED) is 0.461. The summed E-state index contributed by atoms with van der Waals surface area (Å²) < 4.78 is 25.5. The Balaban J connectivity index is 1.48. The molecule has 2 saturated heterocycles. The summed E-state index contributed by atoms with van der Waals surface area (Å²) in [6, 6.07) is -0.466. The summed E-state index contributed by atoms with van der Waals surface area (Å²) in [6.45, 7) is 5.13. The maximum absolute atomic E-state index is 14.8. The van der Waals surface area contributed by atoms with Gasteiger partial charge in [-0.2, -0.15) is 0 Å². The lowest BCUT2D eigenvalue weighted by molar-refractivity contribution is -0.152. The van der Waals surface area contributed by atoms with Crippen LogP contribution in [0.25, 0.3) is 0 Å². The van der Waals surface area contributed by atoms with Crippen LogP contribution in [0.4, 0.5) is 4.39 Å². The first-order valence-electron chi connectivity index (χ1n) is 10.8. The first-order valence-corrected chi connectivity index (χ1v) is 10.8. The molecule has 1 aliphatic carbocycles. The first-order chi connectivity index (χ1) is 14.6. The number of allylic oxidation sites excluding steroid dienone is 1. The van der Waals surface area contributed by atoms with Gasteiger partial charge in [0.05, 0.1) is 24.7 Å². The second-order valence-corrected chi connectivity index (χ2v) is 8.96. The highest BCUT2D eigenvalue weighted by atomic mass is 19.1. The molecule has 0 aromatic rings. The van der Waals surface area contributed by atoms with Crippen LogP contribution >= 0.6 is 0 Å². The number of carbonyl (C=O) groups is 3. The number of rotatable bonds is 7. The molecule has 2 unspecified atom stereocenters. The number of nitrogens with zero attached hydrogens (tertiary/aromatic N) is 1. The highest BCUT2D eigenvalue weighted by Crippen LogP contribution is 2.32. The van der Waals surface area contributed by atoms with Gasteiger partial charge >= 0.3 is 5.97 Å². The fourth-order valence-corrected chi connectivity index (χ4v) is 4.00. The predicted molar refractivity (Wildman–Crippen MR) is 109 cm³/mol. The summed E-state index contributed by atoms with van der Waals surface area (Å²) in [5, 5.41) is 12.9. The van der Waals surface area contributed by atoms with Gasteiger partial charge in [0.25, 0.3) is 5.91 Å². The van der Waals surface area contributed by atoms with E-state index < -0.39 is 29.6 Å². The van der Waals surface area contributed by atoms with Crippen molar-refractivity contribution in [2.75, 3.05) is 19.7 Å². The summed E-state index contributed by atoms with van der Waals surface area (Å²) in [4.78, 5) is 36.9. The van der Waals surface area contributed by atoms with E-state index in [1.807, 2.05) is 18.7 Å². The molecule has 0 saturated carbocycles. The molecular weight excluding hydrogens is 407 g/mol. The number of nitrogens with one attached hydrogen (secondary N) is 1. The van der Waals surface area contributed by atoms with Gasteiger partial charge in [0.2, 0.25) is 5.91 Å². The maximum Gasteiger partial charge on any atom is 0.308 e. The van der Waals surface area contributed by atoms with Gasteiger partial charge in [-0.15, -0.1) is 0 Å². The second kappa shape index (κ2) is 9.91. The van der Waals surface area contributed by atoms with Crippen molar-refractivity contribution in [2.45, 2.75) is 70.1 Å². The van der Waals surface area contributed by atoms with Crippen molar-refractivity contribution < 1.29 is 33.4 Å². The van der Waals surface area contributed by atoms with E-state index in [1.165, 1.54) is 6.08 Å². The molecule has 0 aromatic carbocycles. The lowest BCUT2D eigenvalue weighted by Crippen LogP contribution is -2.49. The Morgan fingerprint density at radius 2 is 2.06 bits per heavy atom. The summed E-state index contributed by atoms with van der Waals surface area (Å²) in [5.41, 5.74) is -1.13. The van der Waals surface area contributed by atoms with Gasteiger partial charge in [0.1, 0.15) is 11.6 Å². The number of likely N-dealkylation sites (tertiary alicyclic amines) is 1. The van der Waals surface area contributed by atoms with Crippen LogP contribution in [0.5, 0.6) is 0 Å². The van der Waals surface area contributed by atoms with Gasteiger partial charge in [-0.1, -0.05) is 13.8 Å². The molecule has 0 bridgehead atoms. The Bertz CT molecular complexity index is 770. The number of aliphatic hydroxyl groups is 1. The van der Waals surface area contributed by atoms with Crippen molar-refractivity contribution >= 4 is 17.8 Å². The van der Waals surface area contributed by atoms with Crippen LogP contribution in [0.1, 0.15) is 52.4 Å². The minimum Gasteiger partial charge on any atom is -0.481 e. The zero-order chi connectivity index (χ0) is 22.6. The van der Waals surface area contributed by atoms with Crippen LogP contribution < -0.4 is 5.32 Å². The molecule has 2 aliphatic heterocycles. The van der Waals surface area contributed by atoms with Crippen LogP contribution in [0, 0.1) is 5.92 Å². The minimum atomic E-state index is -1.13. The van der Waals surface area contributed by atoms with Crippen molar-refractivity contribution in [2.24, 2.45) is 5.92 Å². The topological polar surface area (TPSA) is 105 Å². The fourth-order valence-electron chi connectivity index (χ4n) is 4.00. The molecule has 2 atom stereocenters. The SMILES string of the molecule is CC(C)COC(=O)CC1(O)CCN(C2CC=C(OC3CCC(=O)NC3=O)C=C2F)CC1. The number of ether oxygens (including phenoxy) is 2. The third-order valence-electron chi connectivity index (χ3n) is 5.83. The van der Waals surface area contributed by atoms with E-state index in [4.69, 9.17) is 9.47 Å². The molecule has 172 valence electrons. The Morgan fingerprint density at radius 1 is 1.35 bits per heavy atom. The van der Waals surface area contributed by atoms with Gasteiger partial charge in [-0.05, 0) is 31.3 Å². The molecule has 3 rings (SSSR count). The van der Waals surface area contributed by atoms with Crippen molar-refractivity contribution in [3.05, 3.63) is 23.7 Å². The van der Waals surface area contributed by atoms with Gasteiger partial charge in [0.15, 0.2) is 6.10 Å². The number of piperidine rings is 2. The van der Waals surface area contributed by atoms with Crippen LogP contribution in [-0.4, -0.2) is 65.2 Å². The molecule has 0 radical (unpaired) electrons. The number of imide groups is 1. The lowest BCUT2D eigenvalue weighted by atomic mass is 9.87. The van der Waals surface area contributed by atoms with Gasteiger partial charge in [-0.3, -0.25) is 24.6 Å². The molecule has 0 spiro atoms. The number of hydrogen-bond acceptors (Lipinski definition) is 7. The third-order valence-corrected chi connectivity index (χ3v) is 5.83. The van der Waals surface area contributed by atoms with Crippen LogP contribution in [0.3, 0.4) is 0 Å². The molecule has 2 amide bonds. The van der Waals surface area contributed by atoms with Crippen molar-refractivity contribution in [3.8, 4) is 0 Å². The number of esters is 1. The predicted octanol–water partition coefficient (Wildman–Crippen LogP) is 1.73. The molecule has 31 heavy (non-hydrogen) atoms. The molecule has 2 fully saturated rings. The van der Waals surface area contributed by atoms with Gasteiger partial charge < -0.3 is 14.6 Å². The van der Waals surface area contributed by atoms with E-state index in [2.05, 4.69) is 5.32 Å². The average molecular weight is 438 g/mol. The third kappa shape index (κ3) is 6.36. The molecule has 2 heterocycles. The molecule has 3 aliphatic rings. The summed E-state index contributed by atoms with van der Waals surface area (Å²) in [5.74, 6) is -1.10. The van der Waals surface area contributed by atoms with E-state index in [9.17, 15) is 23.9 Å². The second-order valence-electron chi connectivity index (χ2n) is 8.96. The molecule has 8 nitrogen and oxygen atoms in total. The van der Waals surface area contributed by atoms with E-state index in [-0.39, 0.29) is 42.7 Å². The number of halogens is 1. The Labute approximate surface area is 181 Å². The smallest absolute Gasteiger partial charge is 0.308 e. The van der Waals surface area contributed by atoms with E-state index >= 15 is 0 Å². The largest absolute Gasteiger partial charge is 0.481 e. The number of amides is 2. The normalized spacial score (nSPS) is 26.7. The van der Waals surface area contributed by atoms with E-state index in [1.54, 1.807) is 6.08 Å². The van der Waals surface area contributed by atoms with Crippen molar-refractivity contribution in [1.29, 1.82) is 0 Å². The highest BCUT2D eigenvalue weighted by Gasteiger charge is 2.38. The maximum atomic E-state index is 14.8. The van der Waals surface area contributed by atoms with Gasteiger partial charge in [-0.25, -0.2) is 4.39 Å². The zero-order valence-electron chi connectivity index (χ0n) is 18.1. The highest BCUT2D eigenvalue weighted by molar-refractivity contribution is 5.99. The van der Waals surface area contributed by atoms with Crippen molar-refractivity contribution in [1.82, 2.24) is 10.2 Å². The lowest BCUT2D eigenvalue weighted by Gasteiger charge is -2.41. The van der Waals surface area contributed by atoms with Crippen LogP contribution in [0.2, 0.25) is 0 Å². The molecule has 0 aromatic heterocycles. The van der Waals surface area contributed by atoms with Crippen molar-refractivity contribution in [3.63, 3.8) is 0 Å². The minimum absolute atomic E-state index is 0.0552. The average Bonchev–Trinajstić information content (AvgIpc) is 2.69. The standard InChI is InChI=1S/C22H31FN2O6/c1-14(2)13-30-20(27)12-22(29)7-9-25(10-8-22)17-4-3-15(11-16(17)23)31-18-5-6-19(26)24-21(18)28/h3,11,14,17-18,29H,4-10,12-13H2,1-2H3,(H,24,26,28). The monoisotopic (exact) mass is 438 g/mol. The van der Waals surface area contributed by atoms with Gasteiger partial charge in [0, 0.05) is 32.0 Å². The van der Waals surface area contributed by atoms with E-state index in [0.717, 1.165) is 0 Å². The number of hydrogen-bond donors (Lipinski definition) is 2. The summed E-state index contributed by atoms with van der Waals surface area (Å²) in [6.07, 6.45) is 3.72. The first kappa shape index (κ1) is 23.4. The van der Waals surface area contributed by atoms with Crippen LogP contribution in [-0.2, 0) is 23.9 Å². The molecule has 2 N–H and O–H groups in total. The van der Waals surface area contributed by atoms with E-state index in [0.29, 0.717) is 39.0 Å². The fraction of sp³-hybridized carbons (Fsp3) is 0.682. The Morgan fingerprint density at radius 3 is 2.68 bits per heavy atom. The Hall–Kier alpha value is -2.26. The molecule has 9 heteroatoms. The zero-order valence-corrected chi connectivity index (χ0v) is 18.1. The number of carbonyl (C=O) groups excluding carboxylic acids is 3. The summed E-state index contributed by atoms with van der Waals surface area (Å²) >= 11 is 0. The van der Waals surface area contributed by atoms with Crippen LogP contribution in [0.15, 0.2) is 23.7 Å². The molecular formula is C22H31FN2O6. The summed E-state index contributed by atoms with van der Waals surface area (Å²) in [7, 11) is 0. The Kier molecular flexibility index (Phi) is 7.48.